The van der Waals surface area contributed by atoms with Crippen LogP contribution in [0.25, 0.3) is 0 Å². The van der Waals surface area contributed by atoms with Crippen molar-refractivity contribution in [2.45, 2.75) is 4.90 Å². The van der Waals surface area contributed by atoms with Crippen LogP contribution in [0.2, 0.25) is 0 Å². The van der Waals surface area contributed by atoms with Gasteiger partial charge in [0.05, 0.1) is 12.7 Å². The summed E-state index contributed by atoms with van der Waals surface area (Å²) in [5.41, 5.74) is -0.0220. The van der Waals surface area contributed by atoms with Gasteiger partial charge >= 0.3 is 10.2 Å². The van der Waals surface area contributed by atoms with Crippen LogP contribution in [0.5, 0.6) is 5.75 Å². The summed E-state index contributed by atoms with van der Waals surface area (Å²) in [7, 11) is -3.43. The third kappa shape index (κ3) is 2.00. The van der Waals surface area contributed by atoms with Gasteiger partial charge in [-0.15, -0.1) is 3.89 Å². The van der Waals surface area contributed by atoms with Gasteiger partial charge in [-0.25, -0.2) is 0 Å². The molecule has 6 heteroatoms. The minimum atomic E-state index is -4.77. The Bertz CT molecular complexity index is 490. The van der Waals surface area contributed by atoms with Crippen LogP contribution in [-0.4, -0.2) is 15.5 Å². The fourth-order valence-electron chi connectivity index (χ4n) is 0.926. The van der Waals surface area contributed by atoms with E-state index >= 15 is 0 Å². The van der Waals surface area contributed by atoms with Crippen molar-refractivity contribution in [2.75, 3.05) is 7.11 Å². The van der Waals surface area contributed by atoms with Crippen LogP contribution in [0.4, 0.5) is 3.89 Å². The van der Waals surface area contributed by atoms with Crippen molar-refractivity contribution in [3.05, 3.63) is 23.8 Å². The van der Waals surface area contributed by atoms with Gasteiger partial charge in [0.1, 0.15) is 16.7 Å². The molecule has 1 aromatic rings. The number of hydrogen-bond donors (Lipinski definition) is 0. The summed E-state index contributed by atoms with van der Waals surface area (Å²) < 4.78 is 38.2. The van der Waals surface area contributed by atoms with Gasteiger partial charge in [0.15, 0.2) is 0 Å². The first-order valence-corrected chi connectivity index (χ1v) is 4.90. The molecule has 0 aliphatic heterocycles. The lowest BCUT2D eigenvalue weighted by molar-refractivity contribution is 0.413. The number of ether oxygens (including phenoxy) is 1. The Kier molecular flexibility index (Phi) is 2.72. The summed E-state index contributed by atoms with van der Waals surface area (Å²) in [6, 6.07) is 4.89. The number of methoxy groups -OCH3 is 1. The lowest BCUT2D eigenvalue weighted by Crippen LogP contribution is -1.94. The van der Waals surface area contributed by atoms with E-state index in [0.717, 1.165) is 12.1 Å². The maximum absolute atomic E-state index is 12.5. The van der Waals surface area contributed by atoms with Gasteiger partial charge in [0, 0.05) is 0 Å². The zero-order valence-electron chi connectivity index (χ0n) is 7.19. The molecule has 4 nitrogen and oxygen atoms in total. The topological polar surface area (TPSA) is 67.2 Å². The molecular weight excluding hydrogens is 209 g/mol. The average Bonchev–Trinajstić information content (AvgIpc) is 2.15. The van der Waals surface area contributed by atoms with Gasteiger partial charge in [-0.3, -0.25) is 0 Å². The second kappa shape index (κ2) is 3.64. The van der Waals surface area contributed by atoms with Crippen LogP contribution < -0.4 is 4.74 Å². The van der Waals surface area contributed by atoms with Gasteiger partial charge < -0.3 is 4.74 Å². The zero-order valence-corrected chi connectivity index (χ0v) is 8.01. The molecule has 0 amide bonds. The molecule has 0 radical (unpaired) electrons. The predicted octanol–water partition coefficient (Wildman–Crippen LogP) is 1.23. The van der Waals surface area contributed by atoms with Crippen LogP contribution in [0, 0.1) is 11.3 Å². The molecule has 0 N–H and O–H groups in total. The van der Waals surface area contributed by atoms with E-state index in [1.165, 1.54) is 13.2 Å². The van der Waals surface area contributed by atoms with E-state index in [2.05, 4.69) is 0 Å². The molecule has 1 aromatic carbocycles. The number of halogens is 1. The highest BCUT2D eigenvalue weighted by molar-refractivity contribution is 7.86. The molecular formula is C8H6FNO3S. The maximum atomic E-state index is 12.5. The average molecular weight is 215 g/mol. The fourth-order valence-corrected chi connectivity index (χ4v) is 1.42. The quantitative estimate of drug-likeness (QED) is 0.696. The van der Waals surface area contributed by atoms with E-state index in [0.29, 0.717) is 0 Å². The summed E-state index contributed by atoms with van der Waals surface area (Å²) in [5, 5.41) is 8.59. The first-order chi connectivity index (χ1) is 6.49. The smallest absolute Gasteiger partial charge is 0.332 e. The first-order valence-electron chi connectivity index (χ1n) is 3.52. The standard InChI is InChI=1S/C8H6FNO3S/c1-13-8-3-2-7(14(9,11)12)4-6(8)5-10/h2-4H,1H3. The third-order valence-corrected chi connectivity index (χ3v) is 2.39. The second-order valence-electron chi connectivity index (χ2n) is 2.41. The first kappa shape index (κ1) is 10.5. The highest BCUT2D eigenvalue weighted by atomic mass is 32.3. The highest BCUT2D eigenvalue weighted by Crippen LogP contribution is 2.22. The molecule has 0 spiro atoms. The molecule has 0 saturated carbocycles. The van der Waals surface area contributed by atoms with Crippen LogP contribution >= 0.6 is 0 Å². The van der Waals surface area contributed by atoms with E-state index in [-0.39, 0.29) is 11.3 Å². The third-order valence-electron chi connectivity index (χ3n) is 1.57. The lowest BCUT2D eigenvalue weighted by atomic mass is 10.2. The van der Waals surface area contributed by atoms with Gasteiger partial charge in [0.2, 0.25) is 0 Å². The SMILES string of the molecule is COc1ccc(S(=O)(=O)F)cc1C#N. The van der Waals surface area contributed by atoms with Gasteiger partial charge in [-0.05, 0) is 18.2 Å². The molecule has 0 heterocycles. The molecule has 0 aliphatic rings. The predicted molar refractivity (Wildman–Crippen MR) is 46.0 cm³/mol. The summed E-state index contributed by atoms with van der Waals surface area (Å²) in [6.45, 7) is 0. The Balaban J connectivity index is 3.38. The van der Waals surface area contributed by atoms with Crippen LogP contribution in [0.1, 0.15) is 5.56 Å². The molecule has 0 aromatic heterocycles. The van der Waals surface area contributed by atoms with Gasteiger partial charge in [-0.2, -0.15) is 13.7 Å². The monoisotopic (exact) mass is 215 g/mol. The number of rotatable bonds is 2. The Labute approximate surface area is 80.8 Å². The minimum absolute atomic E-state index is 0.0220. The maximum Gasteiger partial charge on any atom is 0.332 e. The van der Waals surface area contributed by atoms with Crippen molar-refractivity contribution in [2.24, 2.45) is 0 Å². The zero-order chi connectivity index (χ0) is 10.8. The molecule has 0 aliphatic carbocycles. The molecule has 0 unspecified atom stereocenters. The Hall–Kier alpha value is -1.61. The second-order valence-corrected chi connectivity index (χ2v) is 3.76. The van der Waals surface area contributed by atoms with Crippen molar-refractivity contribution in [3.8, 4) is 11.8 Å². The molecule has 1 rings (SSSR count). The minimum Gasteiger partial charge on any atom is -0.495 e. The van der Waals surface area contributed by atoms with Crippen LogP contribution in [-0.2, 0) is 10.2 Å². The number of nitriles is 1. The van der Waals surface area contributed by atoms with E-state index in [1.54, 1.807) is 6.07 Å². The van der Waals surface area contributed by atoms with E-state index in [1.807, 2.05) is 0 Å². The fraction of sp³-hybridized carbons (Fsp3) is 0.125. The molecule has 0 saturated heterocycles. The molecule has 0 bridgehead atoms. The van der Waals surface area contributed by atoms with Gasteiger partial charge in [-0.1, -0.05) is 0 Å². The Morgan fingerprint density at radius 3 is 2.57 bits per heavy atom. The van der Waals surface area contributed by atoms with Crippen LogP contribution in [0.15, 0.2) is 23.1 Å². The van der Waals surface area contributed by atoms with E-state index in [4.69, 9.17) is 10.00 Å². The molecule has 14 heavy (non-hydrogen) atoms. The van der Waals surface area contributed by atoms with E-state index in [9.17, 15) is 12.3 Å². The molecule has 0 fully saturated rings. The summed E-state index contributed by atoms with van der Waals surface area (Å²) in [4.78, 5) is -0.546. The van der Waals surface area contributed by atoms with Gasteiger partial charge in [0.25, 0.3) is 0 Å². The van der Waals surface area contributed by atoms with Crippen molar-refractivity contribution in [1.82, 2.24) is 0 Å². The van der Waals surface area contributed by atoms with Crippen molar-refractivity contribution in [1.29, 1.82) is 5.26 Å². The summed E-state index contributed by atoms with van der Waals surface area (Å²) >= 11 is 0. The number of nitrogens with zero attached hydrogens (tertiary/aromatic N) is 1. The summed E-state index contributed by atoms with van der Waals surface area (Å²) in [6.07, 6.45) is 0. The number of benzene rings is 1. The van der Waals surface area contributed by atoms with Crippen molar-refractivity contribution < 1.29 is 17.0 Å². The molecule has 0 atom stereocenters. The highest BCUT2D eigenvalue weighted by Gasteiger charge is 2.14. The van der Waals surface area contributed by atoms with E-state index < -0.39 is 15.1 Å². The Morgan fingerprint density at radius 1 is 1.50 bits per heavy atom. The molecule has 74 valence electrons. The van der Waals surface area contributed by atoms with Crippen molar-refractivity contribution in [3.63, 3.8) is 0 Å². The van der Waals surface area contributed by atoms with Crippen LogP contribution in [0.3, 0.4) is 0 Å². The Morgan fingerprint density at radius 2 is 2.14 bits per heavy atom. The normalized spacial score (nSPS) is 10.6. The lowest BCUT2D eigenvalue weighted by Gasteiger charge is -2.02. The van der Waals surface area contributed by atoms with Crippen molar-refractivity contribution >= 4 is 10.2 Å². The summed E-state index contributed by atoms with van der Waals surface area (Å²) in [5.74, 6) is 0.208. The largest absolute Gasteiger partial charge is 0.495 e. The number of hydrogen-bond acceptors (Lipinski definition) is 4.